The van der Waals surface area contributed by atoms with Gasteiger partial charge in [-0.3, -0.25) is 4.79 Å². The van der Waals surface area contributed by atoms with Gasteiger partial charge in [0.15, 0.2) is 0 Å². The predicted octanol–water partition coefficient (Wildman–Crippen LogP) is 4.21. The molecule has 1 fully saturated rings. The van der Waals surface area contributed by atoms with Gasteiger partial charge in [-0.25, -0.2) is 4.79 Å². The zero-order valence-electron chi connectivity index (χ0n) is 17.1. The van der Waals surface area contributed by atoms with Gasteiger partial charge >= 0.3 is 6.09 Å². The van der Waals surface area contributed by atoms with Crippen LogP contribution in [0.1, 0.15) is 30.9 Å². The SMILES string of the molecule is CCOC(=O)N1CCC(Nc2ccc(NC(=O)Cc3cccc(C)c3)cc2)CC1. The second kappa shape index (κ2) is 9.96. The molecule has 0 saturated carbocycles. The molecule has 6 heteroatoms. The van der Waals surface area contributed by atoms with Gasteiger partial charge in [0.05, 0.1) is 13.0 Å². The topological polar surface area (TPSA) is 70.7 Å². The van der Waals surface area contributed by atoms with Crippen molar-refractivity contribution in [3.8, 4) is 0 Å². The van der Waals surface area contributed by atoms with Crippen molar-refractivity contribution in [2.24, 2.45) is 0 Å². The van der Waals surface area contributed by atoms with E-state index in [9.17, 15) is 9.59 Å². The highest BCUT2D eigenvalue weighted by atomic mass is 16.6. The monoisotopic (exact) mass is 395 g/mol. The van der Waals surface area contributed by atoms with Crippen LogP contribution in [0.15, 0.2) is 48.5 Å². The van der Waals surface area contributed by atoms with E-state index in [1.807, 2.05) is 62.4 Å². The van der Waals surface area contributed by atoms with Crippen LogP contribution < -0.4 is 10.6 Å². The number of amides is 2. The van der Waals surface area contributed by atoms with Gasteiger partial charge in [-0.1, -0.05) is 29.8 Å². The molecule has 1 saturated heterocycles. The molecule has 2 aromatic rings. The lowest BCUT2D eigenvalue weighted by atomic mass is 10.0. The number of benzene rings is 2. The molecule has 1 aliphatic rings. The van der Waals surface area contributed by atoms with Crippen molar-refractivity contribution in [2.45, 2.75) is 39.2 Å². The molecule has 154 valence electrons. The van der Waals surface area contributed by atoms with Gasteiger partial charge in [0, 0.05) is 30.5 Å². The second-order valence-corrected chi connectivity index (χ2v) is 7.40. The van der Waals surface area contributed by atoms with Crippen molar-refractivity contribution >= 4 is 23.4 Å². The first-order chi connectivity index (χ1) is 14.0. The first kappa shape index (κ1) is 20.7. The summed E-state index contributed by atoms with van der Waals surface area (Å²) in [5.41, 5.74) is 3.95. The van der Waals surface area contributed by atoms with Gasteiger partial charge in [0.2, 0.25) is 5.91 Å². The zero-order chi connectivity index (χ0) is 20.6. The average Bonchev–Trinajstić information content (AvgIpc) is 2.70. The van der Waals surface area contributed by atoms with Crippen molar-refractivity contribution in [3.05, 3.63) is 59.7 Å². The summed E-state index contributed by atoms with van der Waals surface area (Å²) < 4.78 is 5.06. The fraction of sp³-hybridized carbons (Fsp3) is 0.391. The average molecular weight is 396 g/mol. The Kier molecular flexibility index (Phi) is 7.11. The van der Waals surface area contributed by atoms with Crippen LogP contribution in [-0.2, 0) is 16.0 Å². The van der Waals surface area contributed by atoms with Gasteiger partial charge in [-0.05, 0) is 56.5 Å². The summed E-state index contributed by atoms with van der Waals surface area (Å²) in [6, 6.07) is 16.1. The summed E-state index contributed by atoms with van der Waals surface area (Å²) in [6.45, 7) is 5.65. The molecule has 0 aromatic heterocycles. The lowest BCUT2D eigenvalue weighted by molar-refractivity contribution is -0.115. The second-order valence-electron chi connectivity index (χ2n) is 7.40. The van der Waals surface area contributed by atoms with Crippen LogP contribution in [0.3, 0.4) is 0 Å². The molecule has 0 atom stereocenters. The third kappa shape index (κ3) is 6.24. The van der Waals surface area contributed by atoms with Crippen LogP contribution in [0.2, 0.25) is 0 Å². The Morgan fingerprint density at radius 3 is 2.41 bits per heavy atom. The van der Waals surface area contributed by atoms with Crippen LogP contribution in [0, 0.1) is 6.92 Å². The molecule has 0 spiro atoms. The molecule has 0 radical (unpaired) electrons. The first-order valence-corrected chi connectivity index (χ1v) is 10.2. The summed E-state index contributed by atoms with van der Waals surface area (Å²) in [6.07, 6.45) is 1.90. The van der Waals surface area contributed by atoms with E-state index in [1.54, 1.807) is 4.90 Å². The standard InChI is InChI=1S/C23H29N3O3/c1-3-29-23(28)26-13-11-21(12-14-26)24-19-7-9-20(10-8-19)25-22(27)16-18-6-4-5-17(2)15-18/h4-10,15,21,24H,3,11-14,16H2,1-2H3,(H,25,27). The van der Waals surface area contributed by atoms with Crippen molar-refractivity contribution < 1.29 is 14.3 Å². The molecular formula is C23H29N3O3. The highest BCUT2D eigenvalue weighted by Crippen LogP contribution is 2.19. The highest BCUT2D eigenvalue weighted by molar-refractivity contribution is 5.92. The van der Waals surface area contributed by atoms with Crippen molar-refractivity contribution in [2.75, 3.05) is 30.3 Å². The molecule has 0 bridgehead atoms. The van der Waals surface area contributed by atoms with Gasteiger partial charge < -0.3 is 20.3 Å². The van der Waals surface area contributed by atoms with E-state index in [-0.39, 0.29) is 12.0 Å². The number of ether oxygens (including phenoxy) is 1. The molecule has 0 unspecified atom stereocenters. The fourth-order valence-electron chi connectivity index (χ4n) is 3.52. The minimum Gasteiger partial charge on any atom is -0.450 e. The number of aryl methyl sites for hydroxylation is 1. The van der Waals surface area contributed by atoms with E-state index >= 15 is 0 Å². The van der Waals surface area contributed by atoms with E-state index < -0.39 is 0 Å². The molecule has 3 rings (SSSR count). The predicted molar refractivity (Wildman–Crippen MR) is 115 cm³/mol. The van der Waals surface area contributed by atoms with Crippen LogP contribution in [0.25, 0.3) is 0 Å². The molecule has 1 heterocycles. The third-order valence-electron chi connectivity index (χ3n) is 5.01. The Balaban J connectivity index is 1.45. The maximum Gasteiger partial charge on any atom is 0.409 e. The summed E-state index contributed by atoms with van der Waals surface area (Å²) in [5.74, 6) is -0.0253. The molecule has 2 aromatic carbocycles. The molecule has 2 N–H and O–H groups in total. The number of piperidine rings is 1. The number of rotatable bonds is 6. The number of anilines is 2. The maximum absolute atomic E-state index is 12.3. The van der Waals surface area contributed by atoms with E-state index in [0.717, 1.165) is 35.3 Å². The lowest BCUT2D eigenvalue weighted by Crippen LogP contribution is -2.42. The van der Waals surface area contributed by atoms with Gasteiger partial charge in [-0.15, -0.1) is 0 Å². The molecule has 1 aliphatic heterocycles. The van der Waals surface area contributed by atoms with E-state index in [0.29, 0.717) is 32.2 Å². The molecule has 0 aliphatic carbocycles. The van der Waals surface area contributed by atoms with Crippen molar-refractivity contribution in [1.82, 2.24) is 4.90 Å². The number of hydrogen-bond acceptors (Lipinski definition) is 4. The molecule has 29 heavy (non-hydrogen) atoms. The zero-order valence-corrected chi connectivity index (χ0v) is 17.1. The summed E-state index contributed by atoms with van der Waals surface area (Å²) in [5, 5.41) is 6.45. The quantitative estimate of drug-likeness (QED) is 0.769. The van der Waals surface area contributed by atoms with E-state index in [2.05, 4.69) is 10.6 Å². The van der Waals surface area contributed by atoms with Gasteiger partial charge in [-0.2, -0.15) is 0 Å². The lowest BCUT2D eigenvalue weighted by Gasteiger charge is -2.32. The Morgan fingerprint density at radius 1 is 1.07 bits per heavy atom. The minimum atomic E-state index is -0.225. The number of nitrogens with one attached hydrogen (secondary N) is 2. The number of nitrogens with zero attached hydrogens (tertiary/aromatic N) is 1. The van der Waals surface area contributed by atoms with E-state index in [1.165, 1.54) is 0 Å². The van der Waals surface area contributed by atoms with Gasteiger partial charge in [0.1, 0.15) is 0 Å². The molecular weight excluding hydrogens is 366 g/mol. The minimum absolute atomic E-state index is 0.0253. The Morgan fingerprint density at radius 2 is 1.76 bits per heavy atom. The highest BCUT2D eigenvalue weighted by Gasteiger charge is 2.23. The number of hydrogen-bond donors (Lipinski definition) is 2. The molecule has 2 amide bonds. The van der Waals surface area contributed by atoms with E-state index in [4.69, 9.17) is 4.74 Å². The van der Waals surface area contributed by atoms with Crippen LogP contribution in [0.4, 0.5) is 16.2 Å². The van der Waals surface area contributed by atoms with Crippen LogP contribution in [0.5, 0.6) is 0 Å². The smallest absolute Gasteiger partial charge is 0.409 e. The fourth-order valence-corrected chi connectivity index (χ4v) is 3.52. The molecule has 6 nitrogen and oxygen atoms in total. The first-order valence-electron chi connectivity index (χ1n) is 10.2. The van der Waals surface area contributed by atoms with Crippen molar-refractivity contribution in [1.29, 1.82) is 0 Å². The van der Waals surface area contributed by atoms with Crippen LogP contribution in [-0.4, -0.2) is 42.6 Å². The normalized spacial score (nSPS) is 14.3. The summed E-state index contributed by atoms with van der Waals surface area (Å²) >= 11 is 0. The number of carbonyl (C=O) groups excluding carboxylic acids is 2. The van der Waals surface area contributed by atoms with Crippen LogP contribution >= 0.6 is 0 Å². The van der Waals surface area contributed by atoms with Crippen molar-refractivity contribution in [3.63, 3.8) is 0 Å². The summed E-state index contributed by atoms with van der Waals surface area (Å²) in [4.78, 5) is 25.8. The Labute approximate surface area is 172 Å². The third-order valence-corrected chi connectivity index (χ3v) is 5.01. The number of likely N-dealkylation sites (tertiary alicyclic amines) is 1. The summed E-state index contributed by atoms with van der Waals surface area (Å²) in [7, 11) is 0. The maximum atomic E-state index is 12.3. The van der Waals surface area contributed by atoms with Gasteiger partial charge in [0.25, 0.3) is 0 Å². The Hall–Kier alpha value is -3.02. The number of carbonyl (C=O) groups is 2. The largest absolute Gasteiger partial charge is 0.450 e. The Bertz CT molecular complexity index is 828.